The standard InChI is InChI=1S/C18H18N6O6S/c1-18(6-7-31(29,30)10-18)21-15(25)9-22-11-19-16-12(17(22)26)8-20-23(16)13-4-2-3-5-14(13)24(27)28/h2-5,8,11H,6-7,9-10H2,1H3,(H,21,25). The number of para-hydroxylation sites is 2. The largest absolute Gasteiger partial charge is 0.348 e. The molecular formula is C18H18N6O6S. The number of fused-ring (bicyclic) bond motifs is 1. The first-order valence-corrected chi connectivity index (χ1v) is 11.1. The van der Waals surface area contributed by atoms with Crippen LogP contribution in [0, 0.1) is 10.1 Å². The van der Waals surface area contributed by atoms with E-state index in [9.17, 15) is 28.1 Å². The fraction of sp³-hybridized carbons (Fsp3) is 0.333. The lowest BCUT2D eigenvalue weighted by molar-refractivity contribution is -0.384. The van der Waals surface area contributed by atoms with Gasteiger partial charge in [-0.1, -0.05) is 12.1 Å². The number of nitrogens with one attached hydrogen (secondary N) is 1. The Hall–Kier alpha value is -3.61. The third-order valence-electron chi connectivity index (χ3n) is 5.12. The summed E-state index contributed by atoms with van der Waals surface area (Å²) in [6, 6.07) is 5.92. The van der Waals surface area contributed by atoms with Gasteiger partial charge >= 0.3 is 0 Å². The lowest BCUT2D eigenvalue weighted by Gasteiger charge is -2.24. The molecule has 0 bridgehead atoms. The Labute approximate surface area is 175 Å². The average molecular weight is 446 g/mol. The SMILES string of the molecule is CC1(NC(=O)Cn2cnc3c(cnn3-c3ccccc3[N+](=O)[O-])c2=O)CCS(=O)(=O)C1. The zero-order valence-corrected chi connectivity index (χ0v) is 17.2. The predicted octanol–water partition coefficient (Wildman–Crippen LogP) is 0.184. The highest BCUT2D eigenvalue weighted by atomic mass is 32.2. The maximum Gasteiger partial charge on any atom is 0.294 e. The highest BCUT2D eigenvalue weighted by molar-refractivity contribution is 7.91. The van der Waals surface area contributed by atoms with Crippen LogP contribution in [0.2, 0.25) is 0 Å². The van der Waals surface area contributed by atoms with E-state index < -0.39 is 31.8 Å². The van der Waals surface area contributed by atoms with Crippen molar-refractivity contribution in [1.82, 2.24) is 24.6 Å². The van der Waals surface area contributed by atoms with Crippen molar-refractivity contribution < 1.29 is 18.1 Å². The van der Waals surface area contributed by atoms with Gasteiger partial charge in [-0.15, -0.1) is 0 Å². The number of hydrogen-bond acceptors (Lipinski definition) is 8. The second-order valence-corrected chi connectivity index (χ2v) is 9.85. The van der Waals surface area contributed by atoms with Gasteiger partial charge in [-0.05, 0) is 19.4 Å². The van der Waals surface area contributed by atoms with Gasteiger partial charge in [-0.25, -0.2) is 18.1 Å². The van der Waals surface area contributed by atoms with Gasteiger partial charge in [-0.3, -0.25) is 24.3 Å². The number of nitrogens with zero attached hydrogens (tertiary/aromatic N) is 5. The lowest BCUT2D eigenvalue weighted by Crippen LogP contribution is -2.48. The molecule has 1 amide bonds. The number of sulfone groups is 1. The number of benzene rings is 1. The fourth-order valence-electron chi connectivity index (χ4n) is 3.68. The number of hydrogen-bond donors (Lipinski definition) is 1. The third-order valence-corrected chi connectivity index (χ3v) is 7.02. The van der Waals surface area contributed by atoms with Crippen molar-refractivity contribution >= 4 is 32.5 Å². The van der Waals surface area contributed by atoms with Crippen LogP contribution in [0.5, 0.6) is 0 Å². The number of carbonyl (C=O) groups is 1. The molecule has 1 N–H and O–H groups in total. The summed E-state index contributed by atoms with van der Waals surface area (Å²) in [5.41, 5.74) is -1.36. The van der Waals surface area contributed by atoms with Crippen molar-refractivity contribution in [3.8, 4) is 5.69 Å². The molecule has 3 aromatic rings. The van der Waals surface area contributed by atoms with E-state index in [1.165, 1.54) is 29.1 Å². The fourth-order valence-corrected chi connectivity index (χ4v) is 5.77. The second kappa shape index (κ2) is 7.27. The van der Waals surface area contributed by atoms with Crippen molar-refractivity contribution in [3.63, 3.8) is 0 Å². The van der Waals surface area contributed by atoms with Gasteiger partial charge in [-0.2, -0.15) is 5.10 Å². The van der Waals surface area contributed by atoms with Crippen LogP contribution in [0.1, 0.15) is 13.3 Å². The van der Waals surface area contributed by atoms with E-state index in [2.05, 4.69) is 15.4 Å². The van der Waals surface area contributed by atoms with E-state index in [0.717, 1.165) is 10.9 Å². The van der Waals surface area contributed by atoms with E-state index in [4.69, 9.17) is 0 Å². The number of aromatic nitrogens is 4. The maximum atomic E-state index is 12.8. The van der Waals surface area contributed by atoms with Crippen LogP contribution in [0.25, 0.3) is 16.7 Å². The zero-order valence-electron chi connectivity index (χ0n) is 16.4. The Balaban J connectivity index is 1.63. The number of nitro groups is 1. The topological polar surface area (TPSA) is 159 Å². The highest BCUT2D eigenvalue weighted by Gasteiger charge is 2.39. The first-order valence-electron chi connectivity index (χ1n) is 9.27. The number of rotatable bonds is 5. The van der Waals surface area contributed by atoms with Crippen molar-refractivity contribution in [2.45, 2.75) is 25.4 Å². The Morgan fingerprint density at radius 1 is 1.35 bits per heavy atom. The minimum absolute atomic E-state index is 0.00203. The molecule has 3 heterocycles. The monoisotopic (exact) mass is 446 g/mol. The summed E-state index contributed by atoms with van der Waals surface area (Å²) < 4.78 is 25.7. The molecule has 12 nitrogen and oxygen atoms in total. The molecule has 4 rings (SSSR count). The van der Waals surface area contributed by atoms with Crippen LogP contribution in [0.15, 0.2) is 41.6 Å². The van der Waals surface area contributed by atoms with E-state index >= 15 is 0 Å². The molecule has 0 radical (unpaired) electrons. The Bertz CT molecular complexity index is 1380. The predicted molar refractivity (Wildman–Crippen MR) is 110 cm³/mol. The summed E-state index contributed by atoms with van der Waals surface area (Å²) in [6.45, 7) is 1.30. The highest BCUT2D eigenvalue weighted by Crippen LogP contribution is 2.24. The molecule has 1 unspecified atom stereocenters. The second-order valence-electron chi connectivity index (χ2n) is 7.67. The van der Waals surface area contributed by atoms with Crippen LogP contribution in [-0.2, 0) is 21.2 Å². The molecule has 1 saturated heterocycles. The molecule has 0 spiro atoms. The Kier molecular flexibility index (Phi) is 4.84. The minimum Gasteiger partial charge on any atom is -0.348 e. The first kappa shape index (κ1) is 20.7. The van der Waals surface area contributed by atoms with Gasteiger partial charge in [0.15, 0.2) is 15.5 Å². The van der Waals surface area contributed by atoms with E-state index in [1.54, 1.807) is 13.0 Å². The van der Waals surface area contributed by atoms with Crippen LogP contribution in [0.3, 0.4) is 0 Å². The number of nitro benzene ring substituents is 1. The summed E-state index contributed by atoms with van der Waals surface area (Å²) >= 11 is 0. The van der Waals surface area contributed by atoms with Crippen molar-refractivity contribution in [3.05, 3.63) is 57.3 Å². The van der Waals surface area contributed by atoms with Gasteiger partial charge in [0.25, 0.3) is 11.2 Å². The van der Waals surface area contributed by atoms with Crippen molar-refractivity contribution in [1.29, 1.82) is 0 Å². The Morgan fingerprint density at radius 2 is 2.10 bits per heavy atom. The lowest BCUT2D eigenvalue weighted by atomic mass is 10.0. The van der Waals surface area contributed by atoms with E-state index in [1.807, 2.05) is 0 Å². The number of carbonyl (C=O) groups excluding carboxylic acids is 1. The summed E-state index contributed by atoms with van der Waals surface area (Å²) in [5.74, 6) is -0.670. The van der Waals surface area contributed by atoms with Crippen LogP contribution < -0.4 is 10.9 Å². The molecule has 0 saturated carbocycles. The van der Waals surface area contributed by atoms with Gasteiger partial charge < -0.3 is 5.32 Å². The molecule has 1 fully saturated rings. The summed E-state index contributed by atoms with van der Waals surface area (Å²) in [5, 5.41) is 18.1. The molecule has 31 heavy (non-hydrogen) atoms. The molecule has 162 valence electrons. The molecule has 1 aliphatic heterocycles. The van der Waals surface area contributed by atoms with Crippen LogP contribution in [-0.4, -0.2) is 55.6 Å². The molecule has 1 atom stereocenters. The maximum absolute atomic E-state index is 12.8. The summed E-state index contributed by atoms with van der Waals surface area (Å²) in [4.78, 5) is 40.1. The normalized spacial score (nSPS) is 20.0. The average Bonchev–Trinajstić information content (AvgIpc) is 3.24. The van der Waals surface area contributed by atoms with E-state index in [-0.39, 0.29) is 40.5 Å². The van der Waals surface area contributed by atoms with Crippen LogP contribution >= 0.6 is 0 Å². The first-order chi connectivity index (χ1) is 14.6. The van der Waals surface area contributed by atoms with E-state index in [0.29, 0.717) is 6.42 Å². The number of amides is 1. The zero-order chi connectivity index (χ0) is 22.4. The van der Waals surface area contributed by atoms with Crippen molar-refractivity contribution in [2.24, 2.45) is 0 Å². The molecule has 1 aliphatic rings. The van der Waals surface area contributed by atoms with Gasteiger partial charge in [0, 0.05) is 6.07 Å². The quantitative estimate of drug-likeness (QED) is 0.429. The van der Waals surface area contributed by atoms with Gasteiger partial charge in [0.2, 0.25) is 5.91 Å². The van der Waals surface area contributed by atoms with Crippen molar-refractivity contribution in [2.75, 3.05) is 11.5 Å². The molecule has 0 aliphatic carbocycles. The molecule has 2 aromatic heterocycles. The third kappa shape index (κ3) is 3.91. The minimum atomic E-state index is -3.20. The molecular weight excluding hydrogens is 428 g/mol. The smallest absolute Gasteiger partial charge is 0.294 e. The Morgan fingerprint density at radius 3 is 2.77 bits per heavy atom. The summed E-state index contributed by atoms with van der Waals surface area (Å²) in [7, 11) is -3.20. The summed E-state index contributed by atoms with van der Waals surface area (Å²) in [6.07, 6.45) is 2.70. The van der Waals surface area contributed by atoms with Gasteiger partial charge in [0.1, 0.15) is 23.9 Å². The molecule has 13 heteroatoms. The van der Waals surface area contributed by atoms with Gasteiger partial charge in [0.05, 0.1) is 28.2 Å². The molecule has 1 aromatic carbocycles. The van der Waals surface area contributed by atoms with Crippen LogP contribution in [0.4, 0.5) is 5.69 Å².